The molecule has 1 aliphatic heterocycles. The smallest absolute Gasteiger partial charge is 0.265 e. The number of hydrogen-bond acceptors (Lipinski definition) is 3. The predicted molar refractivity (Wildman–Crippen MR) is 114 cm³/mol. The number of amides is 2. The van der Waals surface area contributed by atoms with Crippen LogP contribution in [0.5, 0.6) is 0 Å². The van der Waals surface area contributed by atoms with Gasteiger partial charge in [0.15, 0.2) is 0 Å². The third kappa shape index (κ3) is 3.41. The van der Waals surface area contributed by atoms with Crippen LogP contribution in [-0.4, -0.2) is 18.9 Å². The Morgan fingerprint density at radius 2 is 1.75 bits per heavy atom. The Bertz CT molecular complexity index is 1100. The number of thioether (sulfide) groups is 1. The quantitative estimate of drug-likeness (QED) is 0.664. The summed E-state index contributed by atoms with van der Waals surface area (Å²) in [6.45, 7) is 1.95. The Morgan fingerprint density at radius 3 is 2.61 bits per heavy atom. The molecule has 0 fully saturated rings. The molecule has 0 spiro atoms. The average Bonchev–Trinajstić information content (AvgIpc) is 2.71. The Balaban J connectivity index is 1.56. The molecule has 1 aliphatic rings. The standard InChI is InChI=1S/C23H20N2O2S/c1-15(17-11-7-9-16-8-3-4-10-18(16)17)24-22(26)14-21-23(27)25(2)19-12-5-6-13-20(19)28-21/h3-15H,1-2H3,(H,24,26)/b21-14+. The number of rotatable bonds is 3. The number of likely N-dealkylation sites (N-methyl/N-ethyl adjacent to an activating group) is 1. The van der Waals surface area contributed by atoms with Crippen molar-refractivity contribution in [3.63, 3.8) is 0 Å². The molecule has 0 aromatic heterocycles. The van der Waals surface area contributed by atoms with E-state index in [4.69, 9.17) is 0 Å². The van der Waals surface area contributed by atoms with E-state index in [0.717, 1.165) is 26.9 Å². The van der Waals surface area contributed by atoms with Gasteiger partial charge in [-0.3, -0.25) is 9.59 Å². The fourth-order valence-corrected chi connectivity index (χ4v) is 4.51. The van der Waals surface area contributed by atoms with E-state index in [9.17, 15) is 9.59 Å². The van der Waals surface area contributed by atoms with E-state index in [0.29, 0.717) is 4.91 Å². The van der Waals surface area contributed by atoms with E-state index in [2.05, 4.69) is 23.5 Å². The van der Waals surface area contributed by atoms with Crippen molar-refractivity contribution < 1.29 is 9.59 Å². The molecule has 1 atom stereocenters. The van der Waals surface area contributed by atoms with Crippen LogP contribution in [0.4, 0.5) is 5.69 Å². The predicted octanol–water partition coefficient (Wildman–Crippen LogP) is 4.67. The second-order valence-corrected chi connectivity index (χ2v) is 7.82. The molecule has 1 unspecified atom stereocenters. The van der Waals surface area contributed by atoms with Crippen LogP contribution >= 0.6 is 11.8 Å². The summed E-state index contributed by atoms with van der Waals surface area (Å²) >= 11 is 1.33. The Labute approximate surface area is 168 Å². The molecule has 2 amide bonds. The number of nitrogens with zero attached hydrogens (tertiary/aromatic N) is 1. The maximum Gasteiger partial charge on any atom is 0.265 e. The van der Waals surface area contributed by atoms with Crippen LogP contribution in [0.3, 0.4) is 0 Å². The molecule has 4 rings (SSSR count). The summed E-state index contributed by atoms with van der Waals surface area (Å²) in [6, 6.07) is 21.7. The second kappa shape index (κ2) is 7.52. The second-order valence-electron chi connectivity index (χ2n) is 6.74. The largest absolute Gasteiger partial charge is 0.346 e. The lowest BCUT2D eigenvalue weighted by atomic mass is 10.00. The zero-order valence-electron chi connectivity index (χ0n) is 15.7. The van der Waals surface area contributed by atoms with Crippen molar-refractivity contribution in [2.75, 3.05) is 11.9 Å². The van der Waals surface area contributed by atoms with Gasteiger partial charge in [-0.05, 0) is 35.4 Å². The number of hydrogen-bond donors (Lipinski definition) is 1. The van der Waals surface area contributed by atoms with Crippen molar-refractivity contribution in [3.05, 3.63) is 83.3 Å². The molecule has 0 saturated carbocycles. The van der Waals surface area contributed by atoms with Gasteiger partial charge in [0, 0.05) is 18.0 Å². The molecule has 4 nitrogen and oxygen atoms in total. The SMILES string of the molecule is CC(NC(=O)/C=C1/Sc2ccccc2N(C)C1=O)c1cccc2ccccc12. The van der Waals surface area contributed by atoms with Crippen molar-refractivity contribution in [1.82, 2.24) is 5.32 Å². The van der Waals surface area contributed by atoms with Gasteiger partial charge in [-0.1, -0.05) is 66.4 Å². The maximum absolute atomic E-state index is 12.6. The first-order valence-corrected chi connectivity index (χ1v) is 9.91. The molecule has 0 saturated heterocycles. The summed E-state index contributed by atoms with van der Waals surface area (Å²) in [5.41, 5.74) is 1.91. The van der Waals surface area contributed by atoms with E-state index in [1.165, 1.54) is 17.8 Å². The molecule has 0 bridgehead atoms. The van der Waals surface area contributed by atoms with Gasteiger partial charge in [0.1, 0.15) is 0 Å². The molecule has 0 aliphatic carbocycles. The fraction of sp³-hybridized carbons (Fsp3) is 0.130. The zero-order valence-corrected chi connectivity index (χ0v) is 16.5. The molecule has 28 heavy (non-hydrogen) atoms. The first-order valence-electron chi connectivity index (χ1n) is 9.09. The van der Waals surface area contributed by atoms with Crippen LogP contribution in [-0.2, 0) is 9.59 Å². The average molecular weight is 388 g/mol. The summed E-state index contributed by atoms with van der Waals surface area (Å²) in [6.07, 6.45) is 1.40. The van der Waals surface area contributed by atoms with Crippen molar-refractivity contribution in [2.45, 2.75) is 17.9 Å². The number of benzene rings is 3. The Hall–Kier alpha value is -3.05. The van der Waals surface area contributed by atoms with Crippen molar-refractivity contribution in [2.24, 2.45) is 0 Å². The monoisotopic (exact) mass is 388 g/mol. The van der Waals surface area contributed by atoms with Crippen LogP contribution in [0.2, 0.25) is 0 Å². The lowest BCUT2D eigenvalue weighted by Gasteiger charge is -2.26. The maximum atomic E-state index is 12.6. The van der Waals surface area contributed by atoms with Crippen LogP contribution in [0, 0.1) is 0 Å². The molecule has 1 N–H and O–H groups in total. The first-order chi connectivity index (χ1) is 13.5. The number of anilines is 1. The first kappa shape index (κ1) is 18.3. The molecular weight excluding hydrogens is 368 g/mol. The third-order valence-electron chi connectivity index (χ3n) is 4.87. The highest BCUT2D eigenvalue weighted by Crippen LogP contribution is 2.40. The lowest BCUT2D eigenvalue weighted by Crippen LogP contribution is -2.32. The third-order valence-corrected chi connectivity index (χ3v) is 5.95. The van der Waals surface area contributed by atoms with Gasteiger partial charge in [0.25, 0.3) is 5.91 Å². The van der Waals surface area contributed by atoms with E-state index >= 15 is 0 Å². The Morgan fingerprint density at radius 1 is 1.04 bits per heavy atom. The number of carbonyl (C=O) groups excluding carboxylic acids is 2. The van der Waals surface area contributed by atoms with Crippen LogP contribution < -0.4 is 10.2 Å². The highest BCUT2D eigenvalue weighted by atomic mass is 32.2. The van der Waals surface area contributed by atoms with E-state index < -0.39 is 0 Å². The van der Waals surface area contributed by atoms with E-state index in [1.54, 1.807) is 11.9 Å². The lowest BCUT2D eigenvalue weighted by molar-refractivity contribution is -0.118. The highest BCUT2D eigenvalue weighted by Gasteiger charge is 2.27. The van der Waals surface area contributed by atoms with Gasteiger partial charge < -0.3 is 10.2 Å². The fourth-order valence-electron chi connectivity index (χ4n) is 3.43. The van der Waals surface area contributed by atoms with Crippen molar-refractivity contribution >= 4 is 40.0 Å². The molecule has 1 heterocycles. The minimum Gasteiger partial charge on any atom is -0.346 e. The van der Waals surface area contributed by atoms with Crippen LogP contribution in [0.25, 0.3) is 10.8 Å². The van der Waals surface area contributed by atoms with Crippen molar-refractivity contribution in [1.29, 1.82) is 0 Å². The highest BCUT2D eigenvalue weighted by molar-refractivity contribution is 8.04. The van der Waals surface area contributed by atoms with Gasteiger partial charge in [0.2, 0.25) is 5.91 Å². The van der Waals surface area contributed by atoms with Gasteiger partial charge in [0.05, 0.1) is 16.6 Å². The minimum atomic E-state index is -0.274. The summed E-state index contributed by atoms with van der Waals surface area (Å²) in [7, 11) is 1.73. The van der Waals surface area contributed by atoms with E-state index in [-0.39, 0.29) is 17.9 Å². The number of para-hydroxylation sites is 1. The molecular formula is C23H20N2O2S. The van der Waals surface area contributed by atoms with E-state index in [1.807, 2.05) is 55.5 Å². The summed E-state index contributed by atoms with van der Waals surface area (Å²) in [5.74, 6) is -0.444. The number of nitrogens with one attached hydrogen (secondary N) is 1. The molecule has 5 heteroatoms. The van der Waals surface area contributed by atoms with Crippen LogP contribution in [0.15, 0.2) is 82.6 Å². The molecule has 0 radical (unpaired) electrons. The minimum absolute atomic E-state index is 0.170. The summed E-state index contributed by atoms with van der Waals surface area (Å²) in [5, 5.41) is 5.24. The van der Waals surface area contributed by atoms with Gasteiger partial charge >= 0.3 is 0 Å². The van der Waals surface area contributed by atoms with Gasteiger partial charge in [-0.25, -0.2) is 0 Å². The zero-order chi connectivity index (χ0) is 19.7. The Kier molecular flexibility index (Phi) is 4.92. The normalized spacial score (nSPS) is 16.1. The summed E-state index contributed by atoms with van der Waals surface area (Å²) < 4.78 is 0. The topological polar surface area (TPSA) is 49.4 Å². The number of fused-ring (bicyclic) bond motifs is 2. The van der Waals surface area contributed by atoms with Gasteiger partial charge in [-0.15, -0.1) is 0 Å². The molecule has 3 aromatic carbocycles. The van der Waals surface area contributed by atoms with Crippen molar-refractivity contribution in [3.8, 4) is 0 Å². The van der Waals surface area contributed by atoms with Crippen LogP contribution in [0.1, 0.15) is 18.5 Å². The van der Waals surface area contributed by atoms with Gasteiger partial charge in [-0.2, -0.15) is 0 Å². The molecule has 140 valence electrons. The molecule has 3 aromatic rings. The number of carbonyl (C=O) groups is 2. The summed E-state index contributed by atoms with van der Waals surface area (Å²) in [4.78, 5) is 28.2.